The molecule has 0 bridgehead atoms. The minimum Gasteiger partial charge on any atom is -0.479 e. The summed E-state index contributed by atoms with van der Waals surface area (Å²) in [6.45, 7) is 1.31. The van der Waals surface area contributed by atoms with Gasteiger partial charge in [-0.3, -0.25) is 9.78 Å². The smallest absolute Gasteiger partial charge is 0.333 e. The summed E-state index contributed by atoms with van der Waals surface area (Å²) in [5, 5.41) is 12.0. The van der Waals surface area contributed by atoms with Gasteiger partial charge < -0.3 is 14.8 Å². The molecule has 0 spiro atoms. The molecule has 0 aliphatic rings. The lowest BCUT2D eigenvalue weighted by Gasteiger charge is -2.26. The summed E-state index contributed by atoms with van der Waals surface area (Å²) in [6, 6.07) is 9.96. The van der Waals surface area contributed by atoms with Crippen LogP contribution < -0.4 is 5.32 Å². The second-order valence-electron chi connectivity index (χ2n) is 5.64. The first kappa shape index (κ1) is 17.3. The van der Waals surface area contributed by atoms with Gasteiger partial charge in [-0.05, 0) is 36.8 Å². The Morgan fingerprint density at radius 1 is 1.19 bits per heavy atom. The molecule has 0 radical (unpaired) electrons. The van der Waals surface area contributed by atoms with Crippen molar-refractivity contribution in [2.45, 2.75) is 12.5 Å². The van der Waals surface area contributed by atoms with Crippen molar-refractivity contribution < 1.29 is 23.5 Å². The van der Waals surface area contributed by atoms with Crippen LogP contribution in [0.2, 0.25) is 0 Å². The molecule has 1 unspecified atom stereocenters. The molecule has 1 atom stereocenters. The molecule has 3 aromatic rings. The van der Waals surface area contributed by atoms with E-state index in [1.807, 2.05) is 0 Å². The van der Waals surface area contributed by atoms with Crippen LogP contribution >= 0.6 is 0 Å². The van der Waals surface area contributed by atoms with Crippen LogP contribution in [0.1, 0.15) is 23.0 Å². The lowest BCUT2D eigenvalue weighted by molar-refractivity contribution is -0.144. The maximum absolute atomic E-state index is 13.1. The van der Waals surface area contributed by atoms with E-state index < -0.39 is 23.2 Å². The number of aromatic nitrogens is 2. The number of hydrogen-bond acceptors (Lipinski definition) is 5. The number of hydrogen-bond donors (Lipinski definition) is 2. The molecule has 2 N–H and O–H groups in total. The summed E-state index contributed by atoms with van der Waals surface area (Å²) < 4.78 is 18.3. The zero-order valence-electron chi connectivity index (χ0n) is 13.6. The molecule has 1 aromatic carbocycles. The van der Waals surface area contributed by atoms with Crippen LogP contribution in [0, 0.1) is 5.82 Å². The number of carbonyl (C=O) groups is 2. The van der Waals surface area contributed by atoms with Gasteiger partial charge in [0.05, 0.1) is 0 Å². The number of benzene rings is 1. The molecule has 0 aliphatic carbocycles. The molecule has 0 saturated heterocycles. The predicted molar refractivity (Wildman–Crippen MR) is 88.6 cm³/mol. The Morgan fingerprint density at radius 2 is 1.92 bits per heavy atom. The van der Waals surface area contributed by atoms with E-state index in [1.54, 1.807) is 24.4 Å². The normalized spacial score (nSPS) is 13.0. The number of oxazole rings is 1. The summed E-state index contributed by atoms with van der Waals surface area (Å²) in [4.78, 5) is 32.3. The van der Waals surface area contributed by atoms with Crippen LogP contribution in [0.3, 0.4) is 0 Å². The highest BCUT2D eigenvalue weighted by Crippen LogP contribution is 2.23. The van der Waals surface area contributed by atoms with E-state index >= 15 is 0 Å². The van der Waals surface area contributed by atoms with Crippen molar-refractivity contribution in [1.29, 1.82) is 0 Å². The summed E-state index contributed by atoms with van der Waals surface area (Å²) in [5.74, 6) is -2.42. The lowest BCUT2D eigenvalue weighted by Crippen LogP contribution is -2.49. The van der Waals surface area contributed by atoms with Crippen LogP contribution in [-0.4, -0.2) is 27.0 Å². The first-order chi connectivity index (χ1) is 12.4. The zero-order chi connectivity index (χ0) is 18.7. The number of carboxylic acids is 1. The van der Waals surface area contributed by atoms with Gasteiger partial charge in [-0.15, -0.1) is 0 Å². The van der Waals surface area contributed by atoms with Gasteiger partial charge in [0.25, 0.3) is 5.91 Å². The summed E-state index contributed by atoms with van der Waals surface area (Å²) in [6.07, 6.45) is 2.67. The van der Waals surface area contributed by atoms with Crippen LogP contribution in [0.4, 0.5) is 4.39 Å². The highest BCUT2D eigenvalue weighted by Gasteiger charge is 2.37. The molecule has 26 heavy (non-hydrogen) atoms. The van der Waals surface area contributed by atoms with E-state index in [0.717, 1.165) is 18.4 Å². The zero-order valence-corrected chi connectivity index (χ0v) is 13.6. The van der Waals surface area contributed by atoms with Crippen molar-refractivity contribution >= 4 is 11.9 Å². The monoisotopic (exact) mass is 355 g/mol. The molecular weight excluding hydrogens is 341 g/mol. The molecule has 1 amide bonds. The Balaban J connectivity index is 1.86. The van der Waals surface area contributed by atoms with Gasteiger partial charge in [0.15, 0.2) is 11.2 Å². The Hall–Kier alpha value is -3.55. The fourth-order valence-corrected chi connectivity index (χ4v) is 2.31. The summed E-state index contributed by atoms with van der Waals surface area (Å²) in [7, 11) is 0. The highest BCUT2D eigenvalue weighted by atomic mass is 19.1. The first-order valence-corrected chi connectivity index (χ1v) is 7.59. The topological polar surface area (TPSA) is 105 Å². The fourth-order valence-electron chi connectivity index (χ4n) is 2.31. The maximum Gasteiger partial charge on any atom is 0.333 e. The Bertz CT molecular complexity index is 941. The molecule has 0 saturated carbocycles. The lowest BCUT2D eigenvalue weighted by atomic mass is 9.92. The third kappa shape index (κ3) is 3.30. The van der Waals surface area contributed by atoms with Crippen LogP contribution in [0.5, 0.6) is 0 Å². The highest BCUT2D eigenvalue weighted by molar-refractivity contribution is 5.96. The molecule has 7 nitrogen and oxygen atoms in total. The van der Waals surface area contributed by atoms with Gasteiger partial charge in [0, 0.05) is 6.20 Å². The fraction of sp³-hybridized carbons (Fsp3) is 0.111. The first-order valence-electron chi connectivity index (χ1n) is 7.59. The van der Waals surface area contributed by atoms with Crippen molar-refractivity contribution in [1.82, 2.24) is 15.3 Å². The third-order valence-corrected chi connectivity index (χ3v) is 3.83. The minimum atomic E-state index is -1.77. The second-order valence-corrected chi connectivity index (χ2v) is 5.64. The second kappa shape index (κ2) is 6.75. The summed E-state index contributed by atoms with van der Waals surface area (Å²) in [5.41, 5.74) is -1.21. The van der Waals surface area contributed by atoms with Crippen molar-refractivity contribution in [3.05, 3.63) is 72.0 Å². The molecule has 3 rings (SSSR count). The number of carboxylic acid groups (broad SMARTS) is 1. The Labute approximate surface area is 147 Å². The van der Waals surface area contributed by atoms with E-state index in [4.69, 9.17) is 4.42 Å². The average molecular weight is 355 g/mol. The van der Waals surface area contributed by atoms with Crippen LogP contribution in [0.25, 0.3) is 11.6 Å². The van der Waals surface area contributed by atoms with Crippen LogP contribution in [-0.2, 0) is 10.3 Å². The number of rotatable bonds is 5. The molecular formula is C18H14FN3O4. The van der Waals surface area contributed by atoms with E-state index in [0.29, 0.717) is 5.69 Å². The largest absolute Gasteiger partial charge is 0.479 e. The molecule has 0 fully saturated rings. The summed E-state index contributed by atoms with van der Waals surface area (Å²) >= 11 is 0. The van der Waals surface area contributed by atoms with Gasteiger partial charge in [-0.2, -0.15) is 0 Å². The quantitative estimate of drug-likeness (QED) is 0.729. The number of nitrogens with one attached hydrogen (secondary N) is 1. The Morgan fingerprint density at radius 3 is 2.54 bits per heavy atom. The minimum absolute atomic E-state index is 0.0970. The number of aliphatic carboxylic acids is 1. The van der Waals surface area contributed by atoms with Crippen molar-refractivity contribution in [3.63, 3.8) is 0 Å². The predicted octanol–water partition coefficient (Wildman–Crippen LogP) is 2.61. The molecule has 2 aromatic heterocycles. The van der Waals surface area contributed by atoms with Crippen molar-refractivity contribution in [3.8, 4) is 11.6 Å². The number of halogens is 1. The number of amides is 1. The van der Waals surface area contributed by atoms with Crippen molar-refractivity contribution in [2.24, 2.45) is 0 Å². The molecule has 132 valence electrons. The molecule has 0 aliphatic heterocycles. The van der Waals surface area contributed by atoms with E-state index in [9.17, 15) is 19.1 Å². The van der Waals surface area contributed by atoms with E-state index in [1.165, 1.54) is 19.1 Å². The van der Waals surface area contributed by atoms with Gasteiger partial charge in [0.2, 0.25) is 5.89 Å². The van der Waals surface area contributed by atoms with Crippen LogP contribution in [0.15, 0.2) is 59.3 Å². The van der Waals surface area contributed by atoms with E-state index in [-0.39, 0.29) is 17.1 Å². The number of nitrogens with zero attached hydrogens (tertiary/aromatic N) is 2. The molecule has 8 heteroatoms. The van der Waals surface area contributed by atoms with Gasteiger partial charge in [-0.1, -0.05) is 18.2 Å². The standard InChI is InChI=1S/C18H14FN3O4/c1-18(17(24)25,11-5-7-12(19)8-6-11)22-15(23)14-10-26-16(21-14)13-4-2-3-9-20-13/h2-10H,1H3,(H,22,23)(H,24,25). The number of pyridine rings is 1. The maximum atomic E-state index is 13.1. The molecule has 2 heterocycles. The average Bonchev–Trinajstić information content (AvgIpc) is 3.13. The van der Waals surface area contributed by atoms with E-state index in [2.05, 4.69) is 15.3 Å². The third-order valence-electron chi connectivity index (χ3n) is 3.83. The SMILES string of the molecule is CC(NC(=O)c1coc(-c2ccccn2)n1)(C(=O)O)c1ccc(F)cc1. The number of carbonyl (C=O) groups excluding carboxylic acids is 1. The van der Waals surface area contributed by atoms with Gasteiger partial charge >= 0.3 is 5.97 Å². The van der Waals surface area contributed by atoms with Gasteiger partial charge in [0.1, 0.15) is 17.8 Å². The Kier molecular flexibility index (Phi) is 4.49. The van der Waals surface area contributed by atoms with Crippen molar-refractivity contribution in [2.75, 3.05) is 0 Å². The van der Waals surface area contributed by atoms with Gasteiger partial charge in [-0.25, -0.2) is 14.2 Å².